The third-order valence-corrected chi connectivity index (χ3v) is 7.59. The standard InChI is InChI=1S/C23H31FN2O3/c1-15-10-16(2-3-20(15)24)12-26-13-19-18(21-4-7-23(19,14-26)29-21)11-25-22(27)17-5-8-28-9-6-17/h2-3,10,17-19,21H,4-9,11-14H2,1H3,(H,25,27)/t18-,19+,21+,23+/m0/s1. The molecule has 0 unspecified atom stereocenters. The van der Waals surface area contributed by atoms with E-state index in [9.17, 15) is 9.18 Å². The van der Waals surface area contributed by atoms with Gasteiger partial charge in [-0.3, -0.25) is 9.69 Å². The van der Waals surface area contributed by atoms with E-state index in [0.29, 0.717) is 30.6 Å². The molecule has 0 aromatic heterocycles. The van der Waals surface area contributed by atoms with E-state index in [1.165, 1.54) is 0 Å². The van der Waals surface area contributed by atoms with Crippen LogP contribution in [0.1, 0.15) is 36.8 Å². The SMILES string of the molecule is Cc1cc(CN2C[C@@H]3[C@H](CNC(=O)C4CCOCC4)[C@H]4CC[C@]3(C2)O4)ccc1F. The molecule has 0 radical (unpaired) electrons. The third-order valence-electron chi connectivity index (χ3n) is 7.59. The van der Waals surface area contributed by atoms with E-state index in [2.05, 4.69) is 10.2 Å². The van der Waals surface area contributed by atoms with Crippen molar-refractivity contribution in [3.8, 4) is 0 Å². The quantitative estimate of drug-likeness (QED) is 0.823. The van der Waals surface area contributed by atoms with Crippen LogP contribution in [0.3, 0.4) is 0 Å². The molecular formula is C23H31FN2O3. The highest BCUT2D eigenvalue weighted by Crippen LogP contribution is 2.54. The molecule has 4 atom stereocenters. The topological polar surface area (TPSA) is 50.8 Å². The molecule has 0 saturated carbocycles. The van der Waals surface area contributed by atoms with Crippen molar-refractivity contribution in [1.82, 2.24) is 10.2 Å². The summed E-state index contributed by atoms with van der Waals surface area (Å²) in [6.07, 6.45) is 4.15. The molecule has 0 aliphatic carbocycles. The normalized spacial score (nSPS) is 34.5. The molecule has 1 N–H and O–H groups in total. The third kappa shape index (κ3) is 3.60. The summed E-state index contributed by atoms with van der Waals surface area (Å²) in [7, 11) is 0. The largest absolute Gasteiger partial charge is 0.381 e. The van der Waals surface area contributed by atoms with Crippen LogP contribution in [-0.4, -0.2) is 55.4 Å². The van der Waals surface area contributed by atoms with Crippen molar-refractivity contribution in [2.24, 2.45) is 17.8 Å². The van der Waals surface area contributed by atoms with Crippen LogP contribution in [0.4, 0.5) is 4.39 Å². The van der Waals surface area contributed by atoms with Crippen molar-refractivity contribution >= 4 is 5.91 Å². The molecule has 1 spiro atoms. The maximum atomic E-state index is 13.6. The predicted octanol–water partition coefficient (Wildman–Crippen LogP) is 2.66. The van der Waals surface area contributed by atoms with Gasteiger partial charge in [0.25, 0.3) is 0 Å². The summed E-state index contributed by atoms with van der Waals surface area (Å²) < 4.78 is 25.5. The maximum Gasteiger partial charge on any atom is 0.223 e. The Morgan fingerprint density at radius 3 is 2.93 bits per heavy atom. The molecule has 4 saturated heterocycles. The van der Waals surface area contributed by atoms with E-state index < -0.39 is 0 Å². The van der Waals surface area contributed by atoms with Gasteiger partial charge < -0.3 is 14.8 Å². The Balaban J connectivity index is 1.21. The Kier molecular flexibility index (Phi) is 5.13. The number of ether oxygens (including phenoxy) is 2. The van der Waals surface area contributed by atoms with Crippen LogP contribution in [0.5, 0.6) is 0 Å². The van der Waals surface area contributed by atoms with Gasteiger partial charge in [-0.25, -0.2) is 4.39 Å². The fourth-order valence-electron chi connectivity index (χ4n) is 6.07. The average Bonchev–Trinajstić information content (AvgIpc) is 3.38. The van der Waals surface area contributed by atoms with E-state index in [1.807, 2.05) is 19.1 Å². The number of hydrogen-bond acceptors (Lipinski definition) is 4. The van der Waals surface area contributed by atoms with E-state index in [1.54, 1.807) is 6.07 Å². The number of nitrogens with one attached hydrogen (secondary N) is 1. The van der Waals surface area contributed by atoms with Crippen LogP contribution >= 0.6 is 0 Å². The molecule has 2 bridgehead atoms. The van der Waals surface area contributed by atoms with E-state index >= 15 is 0 Å². The van der Waals surface area contributed by atoms with Crippen LogP contribution in [0.2, 0.25) is 0 Å². The first kappa shape index (κ1) is 19.5. The second-order valence-electron chi connectivity index (χ2n) is 9.42. The first-order valence-corrected chi connectivity index (χ1v) is 11.0. The number of halogens is 1. The minimum atomic E-state index is -0.145. The Labute approximate surface area is 171 Å². The average molecular weight is 403 g/mol. The summed E-state index contributed by atoms with van der Waals surface area (Å²) in [4.78, 5) is 15.0. The highest BCUT2D eigenvalue weighted by Gasteiger charge is 2.62. The lowest BCUT2D eigenvalue weighted by Gasteiger charge is -2.30. The van der Waals surface area contributed by atoms with Crippen LogP contribution in [0.25, 0.3) is 0 Å². The van der Waals surface area contributed by atoms with Gasteiger partial charge >= 0.3 is 0 Å². The van der Waals surface area contributed by atoms with Crippen molar-refractivity contribution in [1.29, 1.82) is 0 Å². The van der Waals surface area contributed by atoms with Gasteiger partial charge in [-0.2, -0.15) is 0 Å². The number of benzene rings is 1. The lowest BCUT2D eigenvalue weighted by atomic mass is 9.73. The predicted molar refractivity (Wildman–Crippen MR) is 107 cm³/mol. The van der Waals surface area contributed by atoms with Crippen molar-refractivity contribution in [2.75, 3.05) is 32.8 Å². The Bertz CT molecular complexity index is 781. The number of nitrogens with zero attached hydrogens (tertiary/aromatic N) is 1. The summed E-state index contributed by atoms with van der Waals surface area (Å²) in [5.74, 6) is 0.999. The number of amides is 1. The number of fused-ring (bicyclic) bond motifs is 1. The number of aryl methyl sites for hydroxylation is 1. The zero-order valence-electron chi connectivity index (χ0n) is 17.2. The second kappa shape index (κ2) is 7.64. The molecule has 29 heavy (non-hydrogen) atoms. The Morgan fingerprint density at radius 1 is 1.31 bits per heavy atom. The Morgan fingerprint density at radius 2 is 2.14 bits per heavy atom. The van der Waals surface area contributed by atoms with Gasteiger partial charge in [-0.15, -0.1) is 0 Å². The number of carbonyl (C=O) groups is 1. The summed E-state index contributed by atoms with van der Waals surface area (Å²) in [6.45, 7) is 6.68. The molecule has 4 heterocycles. The molecule has 158 valence electrons. The monoisotopic (exact) mass is 402 g/mol. The molecule has 4 aliphatic heterocycles. The van der Waals surface area contributed by atoms with Crippen molar-refractivity contribution in [3.05, 3.63) is 35.1 Å². The number of carbonyl (C=O) groups excluding carboxylic acids is 1. The zero-order valence-corrected chi connectivity index (χ0v) is 17.2. The molecule has 1 aromatic carbocycles. The molecule has 4 fully saturated rings. The van der Waals surface area contributed by atoms with Gasteiger partial charge in [0.2, 0.25) is 5.91 Å². The van der Waals surface area contributed by atoms with Gasteiger partial charge in [0.05, 0.1) is 11.7 Å². The first-order chi connectivity index (χ1) is 14.0. The molecule has 1 amide bonds. The molecule has 4 aliphatic rings. The molecule has 6 heteroatoms. The van der Waals surface area contributed by atoms with Crippen LogP contribution in [-0.2, 0) is 20.8 Å². The highest BCUT2D eigenvalue weighted by atomic mass is 19.1. The van der Waals surface area contributed by atoms with Crippen LogP contribution in [0.15, 0.2) is 18.2 Å². The lowest BCUT2D eigenvalue weighted by Crippen LogP contribution is -2.43. The smallest absolute Gasteiger partial charge is 0.223 e. The Hall–Kier alpha value is -1.50. The van der Waals surface area contributed by atoms with Crippen molar-refractivity contribution < 1.29 is 18.7 Å². The number of likely N-dealkylation sites (tertiary alicyclic amines) is 1. The van der Waals surface area contributed by atoms with Gasteiger partial charge in [0.15, 0.2) is 0 Å². The van der Waals surface area contributed by atoms with Crippen LogP contribution < -0.4 is 5.32 Å². The minimum absolute atomic E-state index is 0.0478. The molecule has 1 aromatic rings. The highest BCUT2D eigenvalue weighted by molar-refractivity contribution is 5.78. The summed E-state index contributed by atoms with van der Waals surface area (Å²) in [5, 5.41) is 3.23. The van der Waals surface area contributed by atoms with E-state index in [-0.39, 0.29) is 29.3 Å². The van der Waals surface area contributed by atoms with E-state index in [0.717, 1.165) is 57.4 Å². The van der Waals surface area contributed by atoms with Gasteiger partial charge in [0, 0.05) is 57.1 Å². The second-order valence-corrected chi connectivity index (χ2v) is 9.42. The summed E-state index contributed by atoms with van der Waals surface area (Å²) >= 11 is 0. The maximum absolute atomic E-state index is 13.6. The number of hydrogen-bond donors (Lipinski definition) is 1. The molecule has 5 rings (SSSR count). The van der Waals surface area contributed by atoms with Crippen molar-refractivity contribution in [3.63, 3.8) is 0 Å². The zero-order chi connectivity index (χ0) is 20.0. The van der Waals surface area contributed by atoms with Crippen LogP contribution in [0, 0.1) is 30.5 Å². The fourth-order valence-corrected chi connectivity index (χ4v) is 6.07. The molecule has 5 nitrogen and oxygen atoms in total. The van der Waals surface area contributed by atoms with E-state index in [4.69, 9.17) is 9.47 Å². The van der Waals surface area contributed by atoms with Crippen molar-refractivity contribution in [2.45, 2.75) is 50.9 Å². The first-order valence-electron chi connectivity index (χ1n) is 11.0. The summed E-state index contributed by atoms with van der Waals surface area (Å²) in [6, 6.07) is 5.40. The lowest BCUT2D eigenvalue weighted by molar-refractivity contribution is -0.128. The van der Waals surface area contributed by atoms with Gasteiger partial charge in [0.1, 0.15) is 5.82 Å². The van der Waals surface area contributed by atoms with Gasteiger partial charge in [-0.05, 0) is 49.8 Å². The number of rotatable bonds is 5. The fraction of sp³-hybridized carbons (Fsp3) is 0.696. The summed E-state index contributed by atoms with van der Waals surface area (Å²) in [5.41, 5.74) is 1.80. The molecular weight excluding hydrogens is 371 g/mol. The minimum Gasteiger partial charge on any atom is -0.381 e. The van der Waals surface area contributed by atoms with Gasteiger partial charge in [-0.1, -0.05) is 12.1 Å².